The van der Waals surface area contributed by atoms with Gasteiger partial charge < -0.3 is 9.87 Å². The number of carbonyl (C=O) groups excluding carboxylic acids is 1. The normalized spacial score (nSPS) is 10.9. The molecule has 0 fully saturated rings. The molecule has 78 valence electrons. The molecular formula is C7H14NO4SZn+. The second-order valence-electron chi connectivity index (χ2n) is 3.06. The molecule has 5 nitrogen and oxygen atoms in total. The Balaban J connectivity index is 0. The van der Waals surface area contributed by atoms with Crippen LogP contribution in [-0.2, 0) is 34.4 Å². The van der Waals surface area contributed by atoms with Crippen molar-refractivity contribution >= 4 is 16.0 Å². The first-order valence-corrected chi connectivity index (χ1v) is 5.62. The van der Waals surface area contributed by atoms with Crippen molar-refractivity contribution in [2.75, 3.05) is 12.3 Å². The number of rotatable bonds is 5. The Morgan fingerprint density at radius 2 is 1.93 bits per heavy atom. The molecule has 0 aromatic carbocycles. The molecular weight excluding hydrogens is 260 g/mol. The molecule has 0 saturated carbocycles. The fourth-order valence-corrected chi connectivity index (χ4v) is 1.16. The van der Waals surface area contributed by atoms with E-state index in [2.05, 4.69) is 5.32 Å². The van der Waals surface area contributed by atoms with Gasteiger partial charge in [0.25, 0.3) is 0 Å². The molecule has 0 aromatic rings. The van der Waals surface area contributed by atoms with E-state index in [1.54, 1.807) is 13.8 Å². The summed E-state index contributed by atoms with van der Waals surface area (Å²) in [7, 11) is -4.14. The van der Waals surface area contributed by atoms with Gasteiger partial charge in [0.1, 0.15) is 0 Å². The predicted molar refractivity (Wildman–Crippen MR) is 47.0 cm³/mol. The van der Waals surface area contributed by atoms with Crippen LogP contribution in [0.15, 0.2) is 0 Å². The average Bonchev–Trinajstić information content (AvgIpc) is 1.95. The van der Waals surface area contributed by atoms with Crippen LogP contribution in [-0.4, -0.2) is 31.2 Å². The zero-order chi connectivity index (χ0) is 10.5. The van der Waals surface area contributed by atoms with Gasteiger partial charge in [-0.15, -0.1) is 0 Å². The molecule has 0 bridgehead atoms. The second-order valence-corrected chi connectivity index (χ2v) is 4.58. The number of hydrogen-bond acceptors (Lipinski definition) is 4. The van der Waals surface area contributed by atoms with Crippen LogP contribution in [0.1, 0.15) is 20.3 Å². The molecule has 7 heteroatoms. The van der Waals surface area contributed by atoms with Crippen molar-refractivity contribution in [2.45, 2.75) is 20.3 Å². The van der Waals surface area contributed by atoms with Gasteiger partial charge in [-0.25, -0.2) is 8.42 Å². The van der Waals surface area contributed by atoms with Gasteiger partial charge in [0, 0.05) is 18.2 Å². The summed E-state index contributed by atoms with van der Waals surface area (Å²) < 4.78 is 30.4. The fourth-order valence-electron chi connectivity index (χ4n) is 0.665. The Morgan fingerprint density at radius 1 is 1.43 bits per heavy atom. The molecule has 0 atom stereocenters. The molecule has 0 aliphatic heterocycles. The van der Waals surface area contributed by atoms with Gasteiger partial charge in [-0.2, -0.15) is 0 Å². The van der Waals surface area contributed by atoms with E-state index in [0.717, 1.165) is 0 Å². The van der Waals surface area contributed by atoms with Gasteiger partial charge in [-0.05, 0) is 6.42 Å². The number of carbonyl (C=O) groups is 1. The number of hydrogen-bond donors (Lipinski definition) is 1. The zero-order valence-electron chi connectivity index (χ0n) is 8.45. The molecule has 0 spiro atoms. The van der Waals surface area contributed by atoms with Crippen molar-refractivity contribution < 1.29 is 37.2 Å². The van der Waals surface area contributed by atoms with Gasteiger partial charge in [-0.3, -0.25) is 4.79 Å². The van der Waals surface area contributed by atoms with Crippen molar-refractivity contribution in [3.63, 3.8) is 0 Å². The van der Waals surface area contributed by atoms with E-state index >= 15 is 0 Å². The van der Waals surface area contributed by atoms with Crippen LogP contribution in [0.4, 0.5) is 0 Å². The Hall–Kier alpha value is 0.00338. The van der Waals surface area contributed by atoms with Gasteiger partial charge >= 0.3 is 19.5 Å². The first kappa shape index (κ1) is 16.4. The maximum Gasteiger partial charge on any atom is 2.00 e. The third-order valence-electron chi connectivity index (χ3n) is 1.39. The van der Waals surface area contributed by atoms with E-state index in [-0.39, 0.29) is 44.3 Å². The summed E-state index contributed by atoms with van der Waals surface area (Å²) in [5, 5.41) is 2.51. The van der Waals surface area contributed by atoms with Crippen molar-refractivity contribution in [1.29, 1.82) is 0 Å². The van der Waals surface area contributed by atoms with Crippen LogP contribution in [0, 0.1) is 5.92 Å². The standard InChI is InChI=1S/C7H15NO4S.Zn/c1-6(2)7(9)8-4-3-5-13(10,11)12;/h6H,3-5H2,1-2H3,(H,8,9)(H,10,11,12);/q;+2/p-1. The van der Waals surface area contributed by atoms with Crippen LogP contribution in [0.25, 0.3) is 0 Å². The van der Waals surface area contributed by atoms with E-state index in [9.17, 15) is 17.8 Å². The fraction of sp³-hybridized carbons (Fsp3) is 0.857. The van der Waals surface area contributed by atoms with Crippen LogP contribution >= 0.6 is 0 Å². The van der Waals surface area contributed by atoms with Gasteiger partial charge in [0.2, 0.25) is 5.91 Å². The van der Waals surface area contributed by atoms with Gasteiger partial charge in [-0.1, -0.05) is 13.8 Å². The Labute approximate surface area is 97.2 Å². The predicted octanol–water partition coefficient (Wildman–Crippen LogP) is -0.309. The van der Waals surface area contributed by atoms with Crippen LogP contribution in [0.3, 0.4) is 0 Å². The number of nitrogens with one attached hydrogen (secondary N) is 1. The SMILES string of the molecule is CC(C)C(=O)NCCCS(=O)(=O)[O-].[Zn+2]. The van der Waals surface area contributed by atoms with E-state index in [1.807, 2.05) is 0 Å². The Bertz CT molecular complexity index is 263. The van der Waals surface area contributed by atoms with Gasteiger partial charge in [0.15, 0.2) is 0 Å². The topological polar surface area (TPSA) is 86.3 Å². The van der Waals surface area contributed by atoms with Crippen LogP contribution in [0.2, 0.25) is 0 Å². The van der Waals surface area contributed by atoms with E-state index in [1.165, 1.54) is 0 Å². The first-order valence-electron chi connectivity index (χ1n) is 4.04. The minimum absolute atomic E-state index is 0. The third kappa shape index (κ3) is 10.1. The molecule has 0 aromatic heterocycles. The molecule has 0 aliphatic rings. The summed E-state index contributed by atoms with van der Waals surface area (Å²) in [5.41, 5.74) is 0. The van der Waals surface area contributed by atoms with Gasteiger partial charge in [0.05, 0.1) is 10.1 Å². The summed E-state index contributed by atoms with van der Waals surface area (Å²) >= 11 is 0. The third-order valence-corrected chi connectivity index (χ3v) is 2.18. The molecule has 1 N–H and O–H groups in total. The van der Waals surface area contributed by atoms with Crippen LogP contribution < -0.4 is 5.32 Å². The Morgan fingerprint density at radius 3 is 2.29 bits per heavy atom. The quantitative estimate of drug-likeness (QED) is 0.423. The summed E-state index contributed by atoms with van der Waals surface area (Å²) in [5.74, 6) is -0.682. The summed E-state index contributed by atoms with van der Waals surface area (Å²) in [6.45, 7) is 3.71. The first-order chi connectivity index (χ1) is 5.83. The summed E-state index contributed by atoms with van der Waals surface area (Å²) in [4.78, 5) is 10.9. The smallest absolute Gasteiger partial charge is 0.748 e. The molecule has 0 radical (unpaired) electrons. The molecule has 0 unspecified atom stereocenters. The van der Waals surface area contributed by atoms with Crippen molar-refractivity contribution in [3.8, 4) is 0 Å². The van der Waals surface area contributed by atoms with E-state index in [0.29, 0.717) is 0 Å². The molecule has 1 amide bonds. The van der Waals surface area contributed by atoms with E-state index < -0.39 is 15.9 Å². The van der Waals surface area contributed by atoms with Crippen LogP contribution in [0.5, 0.6) is 0 Å². The van der Waals surface area contributed by atoms with Crippen molar-refractivity contribution in [3.05, 3.63) is 0 Å². The van der Waals surface area contributed by atoms with E-state index in [4.69, 9.17) is 0 Å². The molecule has 14 heavy (non-hydrogen) atoms. The molecule has 0 heterocycles. The average molecular weight is 274 g/mol. The summed E-state index contributed by atoms with van der Waals surface area (Å²) in [6, 6.07) is 0. The Kier molecular flexibility index (Phi) is 8.59. The second kappa shape index (κ2) is 7.32. The molecule has 0 rings (SSSR count). The summed E-state index contributed by atoms with van der Waals surface area (Å²) in [6.07, 6.45) is 0.171. The minimum atomic E-state index is -4.14. The maximum absolute atomic E-state index is 10.9. The maximum atomic E-state index is 10.9. The minimum Gasteiger partial charge on any atom is -0.748 e. The molecule has 0 saturated heterocycles. The zero-order valence-corrected chi connectivity index (χ0v) is 12.2. The largest absolute Gasteiger partial charge is 2.00 e. The molecule has 0 aliphatic carbocycles. The number of amides is 1. The van der Waals surface area contributed by atoms with Crippen molar-refractivity contribution in [1.82, 2.24) is 5.32 Å². The van der Waals surface area contributed by atoms with Crippen molar-refractivity contribution in [2.24, 2.45) is 5.92 Å². The monoisotopic (exact) mass is 272 g/mol.